The Morgan fingerprint density at radius 3 is 2.57 bits per heavy atom. The second-order valence-electron chi connectivity index (χ2n) is 5.03. The summed E-state index contributed by atoms with van der Waals surface area (Å²) in [6.07, 6.45) is 6.86. The highest BCUT2D eigenvalue weighted by Crippen LogP contribution is 2.33. The predicted molar refractivity (Wildman–Crippen MR) is 62.3 cm³/mol. The Hall–Kier alpha value is -0.0800. The molecule has 1 unspecified atom stereocenters. The third-order valence-corrected chi connectivity index (χ3v) is 3.17. The normalized spacial score (nSPS) is 18.9. The van der Waals surface area contributed by atoms with Gasteiger partial charge < -0.3 is 11.1 Å². The third-order valence-electron chi connectivity index (χ3n) is 3.17. The summed E-state index contributed by atoms with van der Waals surface area (Å²) in [5, 5.41) is 3.47. The zero-order valence-electron chi connectivity index (χ0n) is 9.76. The maximum Gasteiger partial charge on any atom is 0.00739 e. The van der Waals surface area contributed by atoms with Gasteiger partial charge in [0.25, 0.3) is 0 Å². The van der Waals surface area contributed by atoms with Crippen LogP contribution in [0.25, 0.3) is 0 Å². The quantitative estimate of drug-likeness (QED) is 0.586. The van der Waals surface area contributed by atoms with Crippen LogP contribution in [0, 0.1) is 11.8 Å². The molecule has 14 heavy (non-hydrogen) atoms. The number of hydrogen-bond donors (Lipinski definition) is 2. The van der Waals surface area contributed by atoms with Crippen molar-refractivity contribution in [2.24, 2.45) is 17.6 Å². The fraction of sp³-hybridized carbons (Fsp3) is 1.00. The lowest BCUT2D eigenvalue weighted by molar-refractivity contribution is 0.446. The highest BCUT2D eigenvalue weighted by Gasteiger charge is 2.19. The van der Waals surface area contributed by atoms with Crippen LogP contribution in [0.3, 0.4) is 0 Å². The maximum atomic E-state index is 5.95. The number of nitrogens with two attached hydrogens (primary N) is 1. The SMILES string of the molecule is CC(C)C(N)CCNCCCC1CC1. The van der Waals surface area contributed by atoms with Crippen molar-refractivity contribution < 1.29 is 0 Å². The zero-order chi connectivity index (χ0) is 10.4. The van der Waals surface area contributed by atoms with Gasteiger partial charge in [-0.2, -0.15) is 0 Å². The first-order chi connectivity index (χ1) is 6.70. The lowest BCUT2D eigenvalue weighted by Gasteiger charge is -2.15. The molecule has 0 saturated heterocycles. The van der Waals surface area contributed by atoms with E-state index in [4.69, 9.17) is 5.73 Å². The lowest BCUT2D eigenvalue weighted by atomic mass is 10.0. The van der Waals surface area contributed by atoms with Gasteiger partial charge in [0.2, 0.25) is 0 Å². The lowest BCUT2D eigenvalue weighted by Crippen LogP contribution is -2.31. The first-order valence-corrected chi connectivity index (χ1v) is 6.16. The molecule has 0 aliphatic heterocycles. The van der Waals surface area contributed by atoms with Gasteiger partial charge in [0, 0.05) is 6.04 Å². The molecule has 1 saturated carbocycles. The van der Waals surface area contributed by atoms with E-state index in [0.717, 1.165) is 18.9 Å². The summed E-state index contributed by atoms with van der Waals surface area (Å²) < 4.78 is 0. The molecule has 1 rings (SSSR count). The van der Waals surface area contributed by atoms with E-state index < -0.39 is 0 Å². The van der Waals surface area contributed by atoms with Crippen molar-refractivity contribution in [3.63, 3.8) is 0 Å². The van der Waals surface area contributed by atoms with Crippen LogP contribution in [0.1, 0.15) is 46.0 Å². The van der Waals surface area contributed by atoms with Crippen LogP contribution < -0.4 is 11.1 Å². The molecule has 0 spiro atoms. The summed E-state index contributed by atoms with van der Waals surface area (Å²) in [6, 6.07) is 0.367. The van der Waals surface area contributed by atoms with Crippen LogP contribution >= 0.6 is 0 Å². The van der Waals surface area contributed by atoms with Crippen molar-refractivity contribution in [2.75, 3.05) is 13.1 Å². The van der Waals surface area contributed by atoms with Gasteiger partial charge in [-0.05, 0) is 44.2 Å². The monoisotopic (exact) mass is 198 g/mol. The Bertz CT molecular complexity index is 141. The van der Waals surface area contributed by atoms with Gasteiger partial charge >= 0.3 is 0 Å². The van der Waals surface area contributed by atoms with Crippen molar-refractivity contribution in [1.29, 1.82) is 0 Å². The van der Waals surface area contributed by atoms with E-state index in [1.165, 1.54) is 32.2 Å². The highest BCUT2D eigenvalue weighted by molar-refractivity contribution is 4.73. The molecule has 0 amide bonds. The van der Waals surface area contributed by atoms with E-state index >= 15 is 0 Å². The van der Waals surface area contributed by atoms with Crippen molar-refractivity contribution >= 4 is 0 Å². The van der Waals surface area contributed by atoms with E-state index in [9.17, 15) is 0 Å². The smallest absolute Gasteiger partial charge is 0.00739 e. The summed E-state index contributed by atoms with van der Waals surface area (Å²) in [6.45, 7) is 6.65. The Kier molecular flexibility index (Phi) is 5.49. The highest BCUT2D eigenvalue weighted by atomic mass is 14.9. The van der Waals surface area contributed by atoms with Gasteiger partial charge in [0.15, 0.2) is 0 Å². The number of rotatable bonds is 8. The fourth-order valence-electron chi connectivity index (χ4n) is 1.65. The Morgan fingerprint density at radius 1 is 1.29 bits per heavy atom. The summed E-state index contributed by atoms with van der Waals surface area (Å²) in [5.41, 5.74) is 5.95. The van der Waals surface area contributed by atoms with Crippen molar-refractivity contribution in [2.45, 2.75) is 52.0 Å². The van der Waals surface area contributed by atoms with Crippen LogP contribution in [0.2, 0.25) is 0 Å². The Labute approximate surface area is 88.6 Å². The largest absolute Gasteiger partial charge is 0.327 e. The van der Waals surface area contributed by atoms with E-state index in [2.05, 4.69) is 19.2 Å². The maximum absolute atomic E-state index is 5.95. The van der Waals surface area contributed by atoms with Crippen LogP contribution in [0.4, 0.5) is 0 Å². The topological polar surface area (TPSA) is 38.0 Å². The van der Waals surface area contributed by atoms with E-state index in [-0.39, 0.29) is 0 Å². The molecular formula is C12H26N2. The molecular weight excluding hydrogens is 172 g/mol. The second-order valence-corrected chi connectivity index (χ2v) is 5.03. The molecule has 1 aliphatic rings. The van der Waals surface area contributed by atoms with Gasteiger partial charge in [-0.15, -0.1) is 0 Å². The van der Waals surface area contributed by atoms with Gasteiger partial charge in [0.1, 0.15) is 0 Å². The van der Waals surface area contributed by atoms with Crippen molar-refractivity contribution in [3.05, 3.63) is 0 Å². The average Bonchev–Trinajstić information content (AvgIpc) is 2.94. The molecule has 3 N–H and O–H groups in total. The minimum absolute atomic E-state index is 0.367. The zero-order valence-corrected chi connectivity index (χ0v) is 9.76. The minimum Gasteiger partial charge on any atom is -0.327 e. The van der Waals surface area contributed by atoms with Crippen LogP contribution in [0.5, 0.6) is 0 Å². The Balaban J connectivity index is 1.78. The van der Waals surface area contributed by atoms with Crippen LogP contribution in [-0.4, -0.2) is 19.1 Å². The summed E-state index contributed by atoms with van der Waals surface area (Å²) in [4.78, 5) is 0. The molecule has 0 aromatic heterocycles. The van der Waals surface area contributed by atoms with Gasteiger partial charge in [-0.3, -0.25) is 0 Å². The molecule has 0 radical (unpaired) electrons. The summed E-state index contributed by atoms with van der Waals surface area (Å²) in [5.74, 6) is 1.69. The minimum atomic E-state index is 0.367. The Morgan fingerprint density at radius 2 is 2.00 bits per heavy atom. The summed E-state index contributed by atoms with van der Waals surface area (Å²) >= 11 is 0. The van der Waals surface area contributed by atoms with E-state index in [1.807, 2.05) is 0 Å². The fourth-order valence-corrected chi connectivity index (χ4v) is 1.65. The van der Waals surface area contributed by atoms with Crippen molar-refractivity contribution in [1.82, 2.24) is 5.32 Å². The third kappa shape index (κ3) is 5.61. The molecule has 0 heterocycles. The molecule has 84 valence electrons. The molecule has 1 aliphatic carbocycles. The number of nitrogens with one attached hydrogen (secondary N) is 1. The average molecular weight is 198 g/mol. The van der Waals surface area contributed by atoms with E-state index in [0.29, 0.717) is 12.0 Å². The van der Waals surface area contributed by atoms with Crippen molar-refractivity contribution in [3.8, 4) is 0 Å². The van der Waals surface area contributed by atoms with Crippen LogP contribution in [0.15, 0.2) is 0 Å². The molecule has 2 nitrogen and oxygen atoms in total. The first kappa shape index (κ1) is 12.0. The summed E-state index contributed by atoms with van der Waals surface area (Å²) in [7, 11) is 0. The van der Waals surface area contributed by atoms with Gasteiger partial charge in [0.05, 0.1) is 0 Å². The first-order valence-electron chi connectivity index (χ1n) is 6.16. The molecule has 1 atom stereocenters. The molecule has 0 aromatic rings. The molecule has 1 fully saturated rings. The van der Waals surface area contributed by atoms with E-state index in [1.54, 1.807) is 0 Å². The number of hydrogen-bond acceptors (Lipinski definition) is 2. The molecule has 0 aromatic carbocycles. The molecule has 2 heteroatoms. The molecule has 0 bridgehead atoms. The standard InChI is InChI=1S/C12H26N2/c1-10(2)12(13)7-9-14-8-3-4-11-5-6-11/h10-12,14H,3-9,13H2,1-2H3. The van der Waals surface area contributed by atoms with Gasteiger partial charge in [-0.25, -0.2) is 0 Å². The van der Waals surface area contributed by atoms with Crippen LogP contribution in [-0.2, 0) is 0 Å². The second kappa shape index (κ2) is 6.41. The predicted octanol–water partition coefficient (Wildman–Crippen LogP) is 2.14. The van der Waals surface area contributed by atoms with Gasteiger partial charge in [-0.1, -0.05) is 26.7 Å².